The molecule has 0 atom stereocenters. The van der Waals surface area contributed by atoms with Gasteiger partial charge in [-0.3, -0.25) is 0 Å². The molecule has 266 valence electrons. The van der Waals surface area contributed by atoms with E-state index < -0.39 is 0 Å². The van der Waals surface area contributed by atoms with E-state index in [1.165, 1.54) is 0 Å². The van der Waals surface area contributed by atoms with Gasteiger partial charge in [0.2, 0.25) is 5.89 Å². The molecular weight excluding hydrogens is 705 g/mol. The van der Waals surface area contributed by atoms with Crippen LogP contribution in [-0.2, 0) is 0 Å². The number of oxazole rings is 1. The Morgan fingerprint density at radius 1 is 0.333 bits per heavy atom. The Bertz CT molecular complexity index is 3530. The molecular formula is C50H28N4O3. The fourth-order valence-corrected chi connectivity index (χ4v) is 8.05. The molecule has 12 aromatic rings. The lowest BCUT2D eigenvalue weighted by Crippen LogP contribution is -2.00. The molecule has 12 rings (SSSR count). The van der Waals surface area contributed by atoms with Gasteiger partial charge in [-0.1, -0.05) is 115 Å². The quantitative estimate of drug-likeness (QED) is 0.174. The van der Waals surface area contributed by atoms with Gasteiger partial charge in [-0.2, -0.15) is 0 Å². The summed E-state index contributed by atoms with van der Waals surface area (Å²) in [5, 5.41) is 5.96. The average molecular weight is 733 g/mol. The number of rotatable bonds is 5. The van der Waals surface area contributed by atoms with E-state index in [-0.39, 0.29) is 0 Å². The van der Waals surface area contributed by atoms with Crippen molar-refractivity contribution in [1.29, 1.82) is 0 Å². The molecule has 0 saturated carbocycles. The number of para-hydroxylation sites is 2. The third-order valence-electron chi connectivity index (χ3n) is 10.8. The average Bonchev–Trinajstić information content (AvgIpc) is 4.00. The molecule has 4 heterocycles. The highest BCUT2D eigenvalue weighted by molar-refractivity contribution is 6.25. The van der Waals surface area contributed by atoms with Crippen LogP contribution in [0.4, 0.5) is 0 Å². The Morgan fingerprint density at radius 2 is 0.965 bits per heavy atom. The predicted molar refractivity (Wildman–Crippen MR) is 227 cm³/mol. The summed E-state index contributed by atoms with van der Waals surface area (Å²) in [4.78, 5) is 20.5. The van der Waals surface area contributed by atoms with Crippen LogP contribution in [0.2, 0.25) is 0 Å². The number of furan rings is 2. The van der Waals surface area contributed by atoms with Crippen molar-refractivity contribution in [3.8, 4) is 56.7 Å². The largest absolute Gasteiger partial charge is 0.456 e. The van der Waals surface area contributed by atoms with Gasteiger partial charge >= 0.3 is 0 Å². The molecule has 0 radical (unpaired) electrons. The first kappa shape index (κ1) is 31.5. The Kier molecular flexibility index (Phi) is 6.79. The molecule has 0 aliphatic rings. The predicted octanol–water partition coefficient (Wildman–Crippen LogP) is 13.3. The molecule has 0 bridgehead atoms. The van der Waals surface area contributed by atoms with Gasteiger partial charge in [0.05, 0.1) is 10.9 Å². The standard InChI is InChI=1S/C50H28N4O3/c1-3-11-29(12-4-1)32-15-9-16-33(27-32)47-52-48(54-49(53-47)37-19-10-18-36-35-17-7-8-20-39(35)56-46(36)37)34-22-21-30-23-24-40-43(38(30)28-34)44-41(55-40)25-26-42-45(44)51-50(57-42)31-13-5-2-6-14-31/h1-28H. The molecule has 8 aromatic carbocycles. The number of benzene rings is 8. The summed E-state index contributed by atoms with van der Waals surface area (Å²) in [6.07, 6.45) is 0. The second-order valence-electron chi connectivity index (χ2n) is 14.2. The minimum Gasteiger partial charge on any atom is -0.456 e. The van der Waals surface area contributed by atoms with Crippen molar-refractivity contribution in [2.45, 2.75) is 0 Å². The van der Waals surface area contributed by atoms with Gasteiger partial charge in [0, 0.05) is 32.8 Å². The zero-order valence-electron chi connectivity index (χ0n) is 30.2. The number of hydrogen-bond donors (Lipinski definition) is 0. The molecule has 0 fully saturated rings. The second-order valence-corrected chi connectivity index (χ2v) is 14.2. The molecule has 4 aromatic heterocycles. The third-order valence-corrected chi connectivity index (χ3v) is 10.8. The maximum absolute atomic E-state index is 6.48. The van der Waals surface area contributed by atoms with Crippen LogP contribution >= 0.6 is 0 Å². The van der Waals surface area contributed by atoms with Gasteiger partial charge in [0.25, 0.3) is 0 Å². The zero-order valence-corrected chi connectivity index (χ0v) is 30.2. The summed E-state index contributed by atoms with van der Waals surface area (Å²) in [6.45, 7) is 0. The highest BCUT2D eigenvalue weighted by Crippen LogP contribution is 2.41. The van der Waals surface area contributed by atoms with E-state index in [0.717, 1.165) is 93.5 Å². The van der Waals surface area contributed by atoms with Crippen molar-refractivity contribution in [3.63, 3.8) is 0 Å². The maximum Gasteiger partial charge on any atom is 0.227 e. The van der Waals surface area contributed by atoms with Crippen molar-refractivity contribution in [2.24, 2.45) is 0 Å². The summed E-state index contributed by atoms with van der Waals surface area (Å²) in [5.74, 6) is 2.19. The summed E-state index contributed by atoms with van der Waals surface area (Å²) in [6, 6.07) is 57.1. The van der Waals surface area contributed by atoms with Crippen LogP contribution in [0.3, 0.4) is 0 Å². The first-order valence-corrected chi connectivity index (χ1v) is 18.8. The van der Waals surface area contributed by atoms with Crippen molar-refractivity contribution in [1.82, 2.24) is 19.9 Å². The van der Waals surface area contributed by atoms with Crippen LogP contribution in [0.1, 0.15) is 0 Å². The summed E-state index contributed by atoms with van der Waals surface area (Å²) in [7, 11) is 0. The van der Waals surface area contributed by atoms with E-state index in [2.05, 4.69) is 60.7 Å². The van der Waals surface area contributed by atoms with Crippen LogP contribution < -0.4 is 0 Å². The number of aromatic nitrogens is 4. The molecule has 57 heavy (non-hydrogen) atoms. The van der Waals surface area contributed by atoms with Gasteiger partial charge in [-0.15, -0.1) is 0 Å². The number of nitrogens with zero attached hydrogens (tertiary/aromatic N) is 4. The molecule has 0 amide bonds. The lowest BCUT2D eigenvalue weighted by Gasteiger charge is -2.11. The minimum absolute atomic E-state index is 0.523. The smallest absolute Gasteiger partial charge is 0.227 e. The first-order valence-electron chi connectivity index (χ1n) is 18.8. The van der Waals surface area contributed by atoms with Crippen molar-refractivity contribution in [2.75, 3.05) is 0 Å². The fourth-order valence-electron chi connectivity index (χ4n) is 8.05. The number of hydrogen-bond acceptors (Lipinski definition) is 7. The highest BCUT2D eigenvalue weighted by Gasteiger charge is 2.21. The lowest BCUT2D eigenvalue weighted by molar-refractivity contribution is 0.619. The van der Waals surface area contributed by atoms with Gasteiger partial charge in [0.15, 0.2) is 23.1 Å². The monoisotopic (exact) mass is 732 g/mol. The van der Waals surface area contributed by atoms with E-state index in [9.17, 15) is 0 Å². The molecule has 0 N–H and O–H groups in total. The lowest BCUT2D eigenvalue weighted by atomic mass is 10.0. The molecule has 0 aliphatic heterocycles. The van der Waals surface area contributed by atoms with Crippen molar-refractivity contribution < 1.29 is 13.3 Å². The van der Waals surface area contributed by atoms with Gasteiger partial charge in [-0.05, 0) is 76.5 Å². The second kappa shape index (κ2) is 12.3. The molecule has 7 nitrogen and oxygen atoms in total. The van der Waals surface area contributed by atoms with Crippen molar-refractivity contribution in [3.05, 3.63) is 170 Å². The highest BCUT2D eigenvalue weighted by atomic mass is 16.4. The summed E-state index contributed by atoms with van der Waals surface area (Å²) < 4.78 is 19.2. The summed E-state index contributed by atoms with van der Waals surface area (Å²) >= 11 is 0. The Balaban J connectivity index is 1.09. The maximum atomic E-state index is 6.48. The van der Waals surface area contributed by atoms with E-state index in [4.69, 9.17) is 33.2 Å². The summed E-state index contributed by atoms with van der Waals surface area (Å²) in [5.41, 5.74) is 10.1. The Labute approximate surface area is 324 Å². The third kappa shape index (κ3) is 5.06. The van der Waals surface area contributed by atoms with Gasteiger partial charge in [-0.25, -0.2) is 19.9 Å². The SMILES string of the molecule is c1ccc(-c2cccc(-c3nc(-c4ccc5ccc6oc7ccc8oc(-c9ccccc9)nc8c7c6c5c4)nc(-c4cccc5c4oc4ccccc45)n3)c2)cc1. The minimum atomic E-state index is 0.523. The van der Waals surface area contributed by atoms with Crippen LogP contribution in [-0.4, -0.2) is 19.9 Å². The number of fused-ring (bicyclic) bond motifs is 10. The molecule has 7 heteroatoms. The molecule has 0 unspecified atom stereocenters. The van der Waals surface area contributed by atoms with E-state index in [1.54, 1.807) is 0 Å². The van der Waals surface area contributed by atoms with Gasteiger partial charge in [0.1, 0.15) is 27.8 Å². The van der Waals surface area contributed by atoms with Crippen LogP contribution in [0.15, 0.2) is 183 Å². The van der Waals surface area contributed by atoms with Crippen molar-refractivity contribution >= 4 is 65.7 Å². The first-order chi connectivity index (χ1) is 28.2. The van der Waals surface area contributed by atoms with E-state index in [0.29, 0.717) is 28.9 Å². The molecule has 0 aliphatic carbocycles. The molecule has 0 saturated heterocycles. The van der Waals surface area contributed by atoms with Crippen LogP contribution in [0, 0.1) is 0 Å². The molecule has 0 spiro atoms. The Hall–Kier alpha value is -7.90. The fraction of sp³-hybridized carbons (Fsp3) is 0. The topological polar surface area (TPSA) is 91.0 Å². The van der Waals surface area contributed by atoms with Gasteiger partial charge < -0.3 is 13.3 Å². The van der Waals surface area contributed by atoms with E-state index >= 15 is 0 Å². The normalized spacial score (nSPS) is 11.9. The van der Waals surface area contributed by atoms with E-state index in [1.807, 2.05) is 109 Å². The zero-order chi connectivity index (χ0) is 37.5. The Morgan fingerprint density at radius 3 is 1.82 bits per heavy atom. The van der Waals surface area contributed by atoms with Crippen LogP contribution in [0.5, 0.6) is 0 Å². The van der Waals surface area contributed by atoms with Crippen LogP contribution in [0.25, 0.3) is 122 Å².